The third-order valence-electron chi connectivity index (χ3n) is 4.11. The van der Waals surface area contributed by atoms with Crippen molar-refractivity contribution in [1.82, 2.24) is 15.0 Å². The fourth-order valence-electron chi connectivity index (χ4n) is 2.82. The van der Waals surface area contributed by atoms with Crippen LogP contribution in [0.4, 0.5) is 5.82 Å². The van der Waals surface area contributed by atoms with E-state index in [0.29, 0.717) is 17.1 Å². The largest absolute Gasteiger partial charge is 0.364 e. The van der Waals surface area contributed by atoms with Crippen molar-refractivity contribution in [3.05, 3.63) is 77.2 Å². The second kappa shape index (κ2) is 6.87. The van der Waals surface area contributed by atoms with Crippen LogP contribution in [0.2, 0.25) is 5.02 Å². The number of aromatic nitrogens is 3. The van der Waals surface area contributed by atoms with Crippen molar-refractivity contribution in [3.8, 4) is 17.2 Å². The summed E-state index contributed by atoms with van der Waals surface area (Å²) in [6.45, 7) is 0.577. The van der Waals surface area contributed by atoms with Crippen LogP contribution in [0.1, 0.15) is 11.3 Å². The van der Waals surface area contributed by atoms with Gasteiger partial charge in [0, 0.05) is 17.8 Å². The molecule has 0 atom stereocenters. The highest BCUT2D eigenvalue weighted by molar-refractivity contribution is 6.32. The molecule has 0 aliphatic carbocycles. The Morgan fingerprint density at radius 1 is 1.15 bits per heavy atom. The van der Waals surface area contributed by atoms with E-state index < -0.39 is 0 Å². The van der Waals surface area contributed by atoms with Gasteiger partial charge in [0.25, 0.3) is 0 Å². The fourth-order valence-corrected chi connectivity index (χ4v) is 3.05. The molecule has 0 radical (unpaired) electrons. The van der Waals surface area contributed by atoms with Crippen LogP contribution in [-0.2, 0) is 6.54 Å². The van der Waals surface area contributed by atoms with Crippen LogP contribution in [0.15, 0.2) is 60.9 Å². The van der Waals surface area contributed by atoms with Crippen LogP contribution >= 0.6 is 11.6 Å². The Labute approximate surface area is 155 Å². The molecule has 0 aliphatic heterocycles. The number of nitrogens with zero attached hydrogens (tertiary/aromatic N) is 3. The van der Waals surface area contributed by atoms with Gasteiger partial charge in [-0.15, -0.1) is 0 Å². The topological polar surface area (TPSA) is 77.4 Å². The van der Waals surface area contributed by atoms with Gasteiger partial charge in [-0.1, -0.05) is 23.7 Å². The van der Waals surface area contributed by atoms with Crippen LogP contribution in [0.5, 0.6) is 0 Å². The van der Waals surface area contributed by atoms with Crippen molar-refractivity contribution in [3.63, 3.8) is 0 Å². The molecular weight excluding hydrogens is 346 g/mol. The number of pyridine rings is 2. The minimum absolute atomic E-state index is 0.438. The molecule has 4 rings (SSSR count). The predicted molar refractivity (Wildman–Crippen MR) is 103 cm³/mol. The number of halogens is 1. The number of hydrogen-bond acceptors (Lipinski definition) is 4. The van der Waals surface area contributed by atoms with E-state index in [1.54, 1.807) is 12.3 Å². The van der Waals surface area contributed by atoms with Crippen LogP contribution in [0, 0.1) is 11.3 Å². The molecule has 26 heavy (non-hydrogen) atoms. The lowest BCUT2D eigenvalue weighted by atomic mass is 10.0. The fraction of sp³-hybridized carbons (Fsp3) is 0.0500. The third-order valence-corrected chi connectivity index (χ3v) is 4.42. The summed E-state index contributed by atoms with van der Waals surface area (Å²) in [5, 5.41) is 13.8. The van der Waals surface area contributed by atoms with Crippen molar-refractivity contribution in [2.45, 2.75) is 6.54 Å². The van der Waals surface area contributed by atoms with Gasteiger partial charge < -0.3 is 10.3 Å². The summed E-state index contributed by atoms with van der Waals surface area (Å²) in [5.41, 5.74) is 4.10. The first-order valence-electron chi connectivity index (χ1n) is 8.06. The maximum absolute atomic E-state index is 9.08. The van der Waals surface area contributed by atoms with Crippen molar-refractivity contribution < 1.29 is 0 Å². The lowest BCUT2D eigenvalue weighted by Gasteiger charge is -2.10. The summed E-state index contributed by atoms with van der Waals surface area (Å²) in [5.74, 6) is 0.737. The van der Waals surface area contributed by atoms with Gasteiger partial charge in [-0.05, 0) is 47.5 Å². The van der Waals surface area contributed by atoms with E-state index in [1.165, 1.54) is 0 Å². The Bertz CT molecular complexity index is 1110. The second-order valence-electron chi connectivity index (χ2n) is 5.78. The summed E-state index contributed by atoms with van der Waals surface area (Å²) in [6, 6.07) is 17.3. The van der Waals surface area contributed by atoms with E-state index >= 15 is 0 Å². The maximum Gasteiger partial charge on any atom is 0.140 e. The average Bonchev–Trinajstić information content (AvgIpc) is 3.15. The quantitative estimate of drug-likeness (QED) is 0.550. The molecule has 0 spiro atoms. The molecule has 5 nitrogen and oxygen atoms in total. The highest BCUT2D eigenvalue weighted by Crippen LogP contribution is 2.32. The molecule has 3 heterocycles. The number of anilines is 1. The maximum atomic E-state index is 9.08. The minimum Gasteiger partial charge on any atom is -0.364 e. The Hall–Kier alpha value is -3.36. The highest BCUT2D eigenvalue weighted by Gasteiger charge is 2.11. The van der Waals surface area contributed by atoms with Crippen molar-refractivity contribution in [1.29, 1.82) is 5.26 Å². The van der Waals surface area contributed by atoms with Gasteiger partial charge in [0.05, 0.1) is 22.8 Å². The SMILES string of the molecule is N#Cc1ccc(-c2cc(NCc3ccccn3)nc3[nH]ccc23)cc1Cl. The summed E-state index contributed by atoms with van der Waals surface area (Å²) in [4.78, 5) is 12.1. The number of rotatable bonds is 4. The molecule has 0 amide bonds. The molecule has 2 N–H and O–H groups in total. The van der Waals surface area contributed by atoms with Gasteiger partial charge in [-0.2, -0.15) is 5.26 Å². The molecule has 0 saturated carbocycles. The van der Waals surface area contributed by atoms with Gasteiger partial charge >= 0.3 is 0 Å². The van der Waals surface area contributed by atoms with Crippen molar-refractivity contribution >= 4 is 28.5 Å². The Morgan fingerprint density at radius 3 is 2.85 bits per heavy atom. The number of aromatic amines is 1. The van der Waals surface area contributed by atoms with E-state index in [1.807, 2.05) is 48.7 Å². The monoisotopic (exact) mass is 359 g/mol. The summed E-state index contributed by atoms with van der Waals surface area (Å²) in [6.07, 6.45) is 3.62. The molecule has 1 aromatic carbocycles. The van der Waals surface area contributed by atoms with Crippen LogP contribution in [0.3, 0.4) is 0 Å². The number of hydrogen-bond donors (Lipinski definition) is 2. The van der Waals surface area contributed by atoms with Gasteiger partial charge in [-0.3, -0.25) is 4.98 Å². The zero-order valence-corrected chi connectivity index (χ0v) is 14.5. The first-order chi connectivity index (χ1) is 12.7. The molecule has 6 heteroatoms. The lowest BCUT2D eigenvalue weighted by molar-refractivity contribution is 1.03. The summed E-state index contributed by atoms with van der Waals surface area (Å²) in [7, 11) is 0. The normalized spacial score (nSPS) is 10.6. The van der Waals surface area contributed by atoms with E-state index in [-0.39, 0.29) is 0 Å². The van der Waals surface area contributed by atoms with Crippen molar-refractivity contribution in [2.75, 3.05) is 5.32 Å². The van der Waals surface area contributed by atoms with Gasteiger partial charge in [0.1, 0.15) is 17.5 Å². The van der Waals surface area contributed by atoms with E-state index in [2.05, 4.69) is 26.3 Å². The Balaban J connectivity index is 1.73. The van der Waals surface area contributed by atoms with Crippen LogP contribution in [-0.4, -0.2) is 15.0 Å². The number of benzene rings is 1. The zero-order chi connectivity index (χ0) is 17.9. The van der Waals surface area contributed by atoms with Crippen LogP contribution in [0.25, 0.3) is 22.2 Å². The molecule has 126 valence electrons. The molecule has 0 aliphatic rings. The number of nitriles is 1. The molecule has 0 bridgehead atoms. The van der Waals surface area contributed by atoms with E-state index in [9.17, 15) is 0 Å². The Kier molecular flexibility index (Phi) is 4.26. The smallest absolute Gasteiger partial charge is 0.140 e. The Morgan fingerprint density at radius 2 is 2.08 bits per heavy atom. The first kappa shape index (κ1) is 16.1. The average molecular weight is 360 g/mol. The molecule has 3 aromatic heterocycles. The van der Waals surface area contributed by atoms with Crippen LogP contribution < -0.4 is 5.32 Å². The number of nitrogens with one attached hydrogen (secondary N) is 2. The lowest BCUT2D eigenvalue weighted by Crippen LogP contribution is -2.03. The molecule has 0 unspecified atom stereocenters. The molecular formula is C20H14ClN5. The van der Waals surface area contributed by atoms with E-state index in [0.717, 1.165) is 33.7 Å². The second-order valence-corrected chi connectivity index (χ2v) is 6.18. The summed E-state index contributed by atoms with van der Waals surface area (Å²) < 4.78 is 0. The molecule has 4 aromatic rings. The molecule has 0 saturated heterocycles. The van der Waals surface area contributed by atoms with Gasteiger partial charge in [0.2, 0.25) is 0 Å². The first-order valence-corrected chi connectivity index (χ1v) is 8.44. The van der Waals surface area contributed by atoms with Crippen molar-refractivity contribution in [2.24, 2.45) is 0 Å². The van der Waals surface area contributed by atoms with E-state index in [4.69, 9.17) is 16.9 Å². The van der Waals surface area contributed by atoms with Gasteiger partial charge in [-0.25, -0.2) is 4.98 Å². The molecule has 0 fully saturated rings. The zero-order valence-electron chi connectivity index (χ0n) is 13.7. The third kappa shape index (κ3) is 3.10. The summed E-state index contributed by atoms with van der Waals surface area (Å²) >= 11 is 6.22. The number of fused-ring (bicyclic) bond motifs is 1. The highest BCUT2D eigenvalue weighted by atomic mass is 35.5. The standard InChI is InChI=1S/C20H14ClN5/c21-18-9-13(4-5-14(18)11-22)17-10-19(26-20-16(17)6-8-24-20)25-12-15-3-1-2-7-23-15/h1-10H,12H2,(H2,24,25,26). The minimum atomic E-state index is 0.438. The predicted octanol–water partition coefficient (Wildman–Crippen LogP) is 4.76. The van der Waals surface area contributed by atoms with Gasteiger partial charge in [0.15, 0.2) is 0 Å². The number of H-pyrrole nitrogens is 1.